The number of hydrogen-bond donors (Lipinski definition) is 1. The summed E-state index contributed by atoms with van der Waals surface area (Å²) >= 11 is 9.34. The zero-order valence-electron chi connectivity index (χ0n) is 12.3. The molecule has 0 aliphatic carbocycles. The molecule has 0 aliphatic rings. The maximum absolute atomic E-state index is 12.4. The van der Waals surface area contributed by atoms with Crippen molar-refractivity contribution in [3.8, 4) is 0 Å². The average molecular weight is 403 g/mol. The molecule has 0 saturated heterocycles. The molecule has 0 bridgehead atoms. The monoisotopic (exact) mass is 401 g/mol. The van der Waals surface area contributed by atoms with Crippen molar-refractivity contribution >= 4 is 43.2 Å². The van der Waals surface area contributed by atoms with E-state index in [1.807, 2.05) is 12.1 Å². The van der Waals surface area contributed by atoms with Crippen LogP contribution < -0.4 is 4.72 Å². The van der Waals surface area contributed by atoms with Gasteiger partial charge in [-0.1, -0.05) is 53.5 Å². The van der Waals surface area contributed by atoms with Crippen molar-refractivity contribution in [3.63, 3.8) is 0 Å². The maximum atomic E-state index is 12.4. The molecule has 22 heavy (non-hydrogen) atoms. The van der Waals surface area contributed by atoms with E-state index in [9.17, 15) is 8.42 Å². The first-order chi connectivity index (χ1) is 10.3. The van der Waals surface area contributed by atoms with Crippen LogP contribution in [0.25, 0.3) is 0 Å². The molecule has 3 nitrogen and oxygen atoms in total. The summed E-state index contributed by atoms with van der Waals surface area (Å²) in [5.74, 6) is 0.408. The van der Waals surface area contributed by atoms with E-state index in [4.69, 9.17) is 11.6 Å². The van der Waals surface area contributed by atoms with E-state index >= 15 is 0 Å². The predicted molar refractivity (Wildman–Crippen MR) is 95.1 cm³/mol. The van der Waals surface area contributed by atoms with E-state index in [0.29, 0.717) is 16.6 Å². The molecule has 0 fully saturated rings. The summed E-state index contributed by atoms with van der Waals surface area (Å²) in [5, 5.41) is 0.342. The van der Waals surface area contributed by atoms with Gasteiger partial charge in [-0.3, -0.25) is 4.72 Å². The third-order valence-electron chi connectivity index (χ3n) is 3.55. The highest BCUT2D eigenvalue weighted by atomic mass is 79.9. The summed E-state index contributed by atoms with van der Waals surface area (Å²) in [6.07, 6.45) is 1.01. The molecule has 0 saturated carbocycles. The first-order valence-electron chi connectivity index (χ1n) is 6.91. The van der Waals surface area contributed by atoms with Gasteiger partial charge in [-0.2, -0.15) is 0 Å². The van der Waals surface area contributed by atoms with Crippen molar-refractivity contribution in [2.75, 3.05) is 4.72 Å². The number of halogens is 2. The fourth-order valence-corrected chi connectivity index (χ4v) is 3.84. The Morgan fingerprint density at radius 1 is 1.18 bits per heavy atom. The minimum atomic E-state index is -3.65. The molecule has 0 unspecified atom stereocenters. The number of rotatable bonds is 5. The summed E-state index contributed by atoms with van der Waals surface area (Å²) in [6.45, 7) is 4.22. The smallest absolute Gasteiger partial charge is 0.261 e. The van der Waals surface area contributed by atoms with Crippen LogP contribution in [0.1, 0.15) is 31.7 Å². The van der Waals surface area contributed by atoms with Crippen molar-refractivity contribution in [2.24, 2.45) is 0 Å². The van der Waals surface area contributed by atoms with Gasteiger partial charge in [0.15, 0.2) is 0 Å². The van der Waals surface area contributed by atoms with E-state index in [-0.39, 0.29) is 4.90 Å². The molecule has 1 atom stereocenters. The highest BCUT2D eigenvalue weighted by molar-refractivity contribution is 9.10. The van der Waals surface area contributed by atoms with Crippen LogP contribution in [0.3, 0.4) is 0 Å². The molecule has 6 heteroatoms. The number of anilines is 1. The normalized spacial score (nSPS) is 12.9. The summed E-state index contributed by atoms with van der Waals surface area (Å²) < 4.78 is 28.1. The molecule has 0 aliphatic heterocycles. The van der Waals surface area contributed by atoms with Crippen molar-refractivity contribution in [1.29, 1.82) is 0 Å². The van der Waals surface area contributed by atoms with E-state index in [0.717, 1.165) is 16.5 Å². The summed E-state index contributed by atoms with van der Waals surface area (Å²) in [7, 11) is -3.65. The van der Waals surface area contributed by atoms with Gasteiger partial charge in [0.2, 0.25) is 0 Å². The van der Waals surface area contributed by atoms with Crippen LogP contribution in [0, 0.1) is 0 Å². The fraction of sp³-hybridized carbons (Fsp3) is 0.250. The zero-order chi connectivity index (χ0) is 16.3. The second-order valence-electron chi connectivity index (χ2n) is 5.11. The van der Waals surface area contributed by atoms with Gasteiger partial charge in [-0.15, -0.1) is 0 Å². The van der Waals surface area contributed by atoms with Crippen LogP contribution in [0.5, 0.6) is 0 Å². The first-order valence-corrected chi connectivity index (χ1v) is 9.56. The lowest BCUT2D eigenvalue weighted by Gasteiger charge is -2.12. The topological polar surface area (TPSA) is 46.2 Å². The van der Waals surface area contributed by atoms with Crippen LogP contribution in [-0.4, -0.2) is 8.42 Å². The van der Waals surface area contributed by atoms with E-state index in [1.54, 1.807) is 30.3 Å². The summed E-state index contributed by atoms with van der Waals surface area (Å²) in [4.78, 5) is 0.221. The van der Waals surface area contributed by atoms with Gasteiger partial charge in [0.05, 0.1) is 15.6 Å². The molecule has 0 radical (unpaired) electrons. The lowest BCUT2D eigenvalue weighted by atomic mass is 9.99. The summed E-state index contributed by atoms with van der Waals surface area (Å²) in [5.41, 5.74) is 1.49. The van der Waals surface area contributed by atoms with Gasteiger partial charge >= 0.3 is 0 Å². The molecule has 0 heterocycles. The highest BCUT2D eigenvalue weighted by Crippen LogP contribution is 2.28. The predicted octanol–water partition coefficient (Wildman–Crippen LogP) is 5.42. The largest absolute Gasteiger partial charge is 0.278 e. The second-order valence-corrected chi connectivity index (χ2v) is 8.11. The Labute approximate surface area is 144 Å². The van der Waals surface area contributed by atoms with E-state index < -0.39 is 10.0 Å². The third kappa shape index (κ3) is 4.03. The van der Waals surface area contributed by atoms with Gasteiger partial charge < -0.3 is 0 Å². The van der Waals surface area contributed by atoms with Crippen LogP contribution in [0.15, 0.2) is 51.8 Å². The zero-order valence-corrected chi connectivity index (χ0v) is 15.5. The molecule has 0 amide bonds. The van der Waals surface area contributed by atoms with Gasteiger partial charge in [0.1, 0.15) is 0 Å². The first kappa shape index (κ1) is 17.3. The number of nitrogens with one attached hydrogen (secondary N) is 1. The Balaban J connectivity index is 2.26. The van der Waals surface area contributed by atoms with E-state index in [2.05, 4.69) is 34.5 Å². The Hall–Kier alpha value is -1.04. The van der Waals surface area contributed by atoms with E-state index in [1.165, 1.54) is 0 Å². The van der Waals surface area contributed by atoms with Crippen LogP contribution in [0.2, 0.25) is 5.02 Å². The third-order valence-corrected chi connectivity index (χ3v) is 5.73. The molecule has 0 aromatic heterocycles. The Morgan fingerprint density at radius 2 is 1.82 bits per heavy atom. The fourth-order valence-electron chi connectivity index (χ4n) is 1.99. The van der Waals surface area contributed by atoms with Crippen molar-refractivity contribution in [1.82, 2.24) is 0 Å². The average Bonchev–Trinajstić information content (AvgIpc) is 2.49. The standard InChI is InChI=1S/C16H17BrClNO2S/c1-3-11(2)12-4-7-14(8-5-12)22(20,21)19-16-9-6-13(17)10-15(16)18/h4-11,19H,3H2,1-2H3/t11-/m1/s1. The van der Waals surface area contributed by atoms with Crippen LogP contribution in [0.4, 0.5) is 5.69 Å². The molecule has 2 rings (SSSR count). The minimum Gasteiger partial charge on any atom is -0.278 e. The molecule has 1 N–H and O–H groups in total. The molecule has 118 valence electrons. The number of hydrogen-bond acceptors (Lipinski definition) is 2. The van der Waals surface area contributed by atoms with Crippen molar-refractivity contribution < 1.29 is 8.42 Å². The van der Waals surface area contributed by atoms with Crippen molar-refractivity contribution in [2.45, 2.75) is 31.1 Å². The molecular weight excluding hydrogens is 386 g/mol. The Bertz CT molecular complexity index is 760. The number of benzene rings is 2. The second kappa shape index (κ2) is 7.02. The maximum Gasteiger partial charge on any atom is 0.261 e. The van der Waals surface area contributed by atoms with Gasteiger partial charge in [0, 0.05) is 4.47 Å². The molecule has 2 aromatic carbocycles. The van der Waals surface area contributed by atoms with Gasteiger partial charge in [-0.05, 0) is 48.2 Å². The molecule has 2 aromatic rings. The quantitative estimate of drug-likeness (QED) is 0.726. The van der Waals surface area contributed by atoms with Crippen LogP contribution >= 0.6 is 27.5 Å². The minimum absolute atomic E-state index is 0.221. The highest BCUT2D eigenvalue weighted by Gasteiger charge is 2.16. The lowest BCUT2D eigenvalue weighted by molar-refractivity contribution is 0.601. The SMILES string of the molecule is CC[C@@H](C)c1ccc(S(=O)(=O)Nc2ccc(Br)cc2Cl)cc1. The lowest BCUT2D eigenvalue weighted by Crippen LogP contribution is -2.13. The van der Waals surface area contributed by atoms with Crippen molar-refractivity contribution in [3.05, 3.63) is 57.5 Å². The van der Waals surface area contributed by atoms with Gasteiger partial charge in [-0.25, -0.2) is 8.42 Å². The molecule has 0 spiro atoms. The molecular formula is C16H17BrClNO2S. The van der Waals surface area contributed by atoms with Crippen LogP contribution in [-0.2, 0) is 10.0 Å². The summed E-state index contributed by atoms with van der Waals surface area (Å²) in [6, 6.07) is 11.9. The number of sulfonamides is 1. The Morgan fingerprint density at radius 3 is 2.36 bits per heavy atom. The van der Waals surface area contributed by atoms with Gasteiger partial charge in [0.25, 0.3) is 10.0 Å². The Kier molecular flexibility index (Phi) is 5.53.